The number of halogens is 2. The van der Waals surface area contributed by atoms with Crippen LogP contribution in [-0.4, -0.2) is 9.97 Å². The van der Waals surface area contributed by atoms with Gasteiger partial charge in [0.15, 0.2) is 0 Å². The van der Waals surface area contributed by atoms with Crippen molar-refractivity contribution in [1.29, 1.82) is 0 Å². The Morgan fingerprint density at radius 1 is 1.43 bits per heavy atom. The summed E-state index contributed by atoms with van der Waals surface area (Å²) in [7, 11) is 0. The van der Waals surface area contributed by atoms with Gasteiger partial charge in [0.1, 0.15) is 5.82 Å². The maximum absolute atomic E-state index is 13.2. The summed E-state index contributed by atoms with van der Waals surface area (Å²) in [6.45, 7) is 3.91. The molecule has 0 saturated heterocycles. The quantitative estimate of drug-likeness (QED) is 0.693. The molecule has 0 spiro atoms. The van der Waals surface area contributed by atoms with Gasteiger partial charge in [-0.1, -0.05) is 13.8 Å². The molecule has 4 heteroatoms. The highest BCUT2D eigenvalue weighted by atomic mass is 19.3. The van der Waals surface area contributed by atoms with Crippen molar-refractivity contribution in [3.63, 3.8) is 0 Å². The zero-order chi connectivity index (χ0) is 10.3. The van der Waals surface area contributed by atoms with E-state index in [1.807, 2.05) is 13.8 Å². The van der Waals surface area contributed by atoms with E-state index in [4.69, 9.17) is 0 Å². The van der Waals surface area contributed by atoms with Crippen molar-refractivity contribution in [2.75, 3.05) is 0 Å². The van der Waals surface area contributed by atoms with Gasteiger partial charge in [0.2, 0.25) is 0 Å². The molecule has 0 aliphatic heterocycles. The van der Waals surface area contributed by atoms with Crippen molar-refractivity contribution in [2.45, 2.75) is 38.5 Å². The molecule has 1 aliphatic carbocycles. The van der Waals surface area contributed by atoms with Gasteiger partial charge in [-0.3, -0.25) is 0 Å². The molecule has 14 heavy (non-hydrogen) atoms. The smallest absolute Gasteiger partial charge is 0.241 e. The molecule has 0 N–H and O–H groups in total. The number of alkyl halides is 2. The summed E-state index contributed by atoms with van der Waals surface area (Å²) in [4.78, 5) is 8.11. The molecule has 0 aromatic carbocycles. The number of hydrogen-bond acceptors (Lipinski definition) is 2. The van der Waals surface area contributed by atoms with Crippen molar-refractivity contribution < 1.29 is 8.78 Å². The van der Waals surface area contributed by atoms with E-state index in [0.717, 1.165) is 0 Å². The monoisotopic (exact) mass is 198 g/mol. The third-order valence-corrected chi connectivity index (χ3v) is 2.47. The molecule has 1 heterocycles. The highest BCUT2D eigenvalue weighted by molar-refractivity contribution is 5.28. The van der Waals surface area contributed by atoms with Gasteiger partial charge in [-0.15, -0.1) is 0 Å². The summed E-state index contributed by atoms with van der Waals surface area (Å²) < 4.78 is 26.4. The van der Waals surface area contributed by atoms with E-state index in [1.165, 1.54) is 6.20 Å². The molecule has 1 aromatic heterocycles. The van der Waals surface area contributed by atoms with Crippen LogP contribution < -0.4 is 0 Å². The van der Waals surface area contributed by atoms with Gasteiger partial charge in [0.05, 0.1) is 11.3 Å². The Kier molecular flexibility index (Phi) is 2.01. The van der Waals surface area contributed by atoms with Crippen LogP contribution in [0.2, 0.25) is 0 Å². The highest BCUT2D eigenvalue weighted by Crippen LogP contribution is 2.40. The third-order valence-electron chi connectivity index (χ3n) is 2.47. The van der Waals surface area contributed by atoms with E-state index < -0.39 is 5.92 Å². The van der Waals surface area contributed by atoms with Crippen LogP contribution in [0.15, 0.2) is 6.20 Å². The normalized spacial score (nSPS) is 18.6. The molecule has 1 aliphatic rings. The van der Waals surface area contributed by atoms with Gasteiger partial charge in [-0.2, -0.15) is 0 Å². The summed E-state index contributed by atoms with van der Waals surface area (Å²) in [5.41, 5.74) is 0.538. The Hall–Kier alpha value is -1.06. The van der Waals surface area contributed by atoms with Gasteiger partial charge in [0.25, 0.3) is 5.92 Å². The second-order valence-corrected chi connectivity index (χ2v) is 3.95. The molecule has 0 radical (unpaired) electrons. The lowest BCUT2D eigenvalue weighted by atomic mass is 10.2. The summed E-state index contributed by atoms with van der Waals surface area (Å²) in [5, 5.41) is 0. The molecule has 2 nitrogen and oxygen atoms in total. The summed E-state index contributed by atoms with van der Waals surface area (Å²) in [6.07, 6.45) is 1.52. The van der Waals surface area contributed by atoms with Gasteiger partial charge >= 0.3 is 0 Å². The molecule has 0 unspecified atom stereocenters. The maximum atomic E-state index is 13.2. The first-order chi connectivity index (χ1) is 6.50. The largest absolute Gasteiger partial charge is 0.276 e. The zero-order valence-corrected chi connectivity index (χ0v) is 8.22. The van der Waals surface area contributed by atoms with E-state index in [-0.39, 0.29) is 17.9 Å². The van der Waals surface area contributed by atoms with Crippen molar-refractivity contribution >= 4 is 0 Å². The van der Waals surface area contributed by atoms with Crippen LogP contribution in [0.25, 0.3) is 0 Å². The third kappa shape index (κ3) is 1.38. The first-order valence-electron chi connectivity index (χ1n) is 4.75. The molecule has 2 rings (SSSR count). The minimum Gasteiger partial charge on any atom is -0.241 e. The number of aryl methyl sites for hydroxylation is 1. The molecular formula is C10H12F2N2. The van der Waals surface area contributed by atoms with Gasteiger partial charge in [-0.05, 0) is 6.42 Å². The molecule has 0 saturated carbocycles. The van der Waals surface area contributed by atoms with E-state index >= 15 is 0 Å². The Balaban J connectivity index is 2.44. The standard InChI is InChI=1S/C10H12F2N2/c1-6(2)9-13-5-7-8(14-9)3-4-10(7,11)12/h5-6H,3-4H2,1-2H3. The van der Waals surface area contributed by atoms with Gasteiger partial charge in [-0.25, -0.2) is 18.7 Å². The molecular weight excluding hydrogens is 186 g/mol. The number of hydrogen-bond donors (Lipinski definition) is 0. The molecule has 0 fully saturated rings. The predicted molar refractivity (Wildman–Crippen MR) is 48.3 cm³/mol. The topological polar surface area (TPSA) is 25.8 Å². The zero-order valence-electron chi connectivity index (χ0n) is 8.22. The Morgan fingerprint density at radius 3 is 2.79 bits per heavy atom. The van der Waals surface area contributed by atoms with Crippen LogP contribution in [0.1, 0.15) is 43.3 Å². The average molecular weight is 198 g/mol. The minimum absolute atomic E-state index is 0.0156. The number of fused-ring (bicyclic) bond motifs is 1. The summed E-state index contributed by atoms with van der Waals surface area (Å²) >= 11 is 0. The lowest BCUT2D eigenvalue weighted by Gasteiger charge is -2.09. The van der Waals surface area contributed by atoms with Crippen molar-refractivity contribution in [3.05, 3.63) is 23.3 Å². The first kappa shape index (κ1) is 9.49. The molecule has 1 aromatic rings. The SMILES string of the molecule is CC(C)c1ncc2c(n1)CCC2(F)F. The number of nitrogens with zero attached hydrogens (tertiary/aromatic N) is 2. The fourth-order valence-electron chi connectivity index (χ4n) is 1.62. The Bertz CT molecular complexity index is 361. The molecule has 0 atom stereocenters. The predicted octanol–water partition coefficient (Wildman–Crippen LogP) is 2.64. The van der Waals surface area contributed by atoms with E-state index in [1.54, 1.807) is 0 Å². The van der Waals surface area contributed by atoms with Crippen LogP contribution >= 0.6 is 0 Å². The highest BCUT2D eigenvalue weighted by Gasteiger charge is 2.40. The first-order valence-corrected chi connectivity index (χ1v) is 4.75. The van der Waals surface area contributed by atoms with Crippen molar-refractivity contribution in [2.24, 2.45) is 0 Å². The Labute approximate surface area is 81.4 Å². The van der Waals surface area contributed by atoms with Crippen LogP contribution in [0.3, 0.4) is 0 Å². The Morgan fingerprint density at radius 2 is 2.14 bits per heavy atom. The van der Waals surface area contributed by atoms with Crippen LogP contribution in [0.4, 0.5) is 8.78 Å². The maximum Gasteiger partial charge on any atom is 0.276 e. The van der Waals surface area contributed by atoms with Crippen LogP contribution in [0.5, 0.6) is 0 Å². The summed E-state index contributed by atoms with van der Waals surface area (Å²) in [6, 6.07) is 0. The lowest BCUT2D eigenvalue weighted by Crippen LogP contribution is -2.09. The van der Waals surface area contributed by atoms with Gasteiger partial charge in [0, 0.05) is 18.5 Å². The number of aromatic nitrogens is 2. The minimum atomic E-state index is -2.72. The van der Waals surface area contributed by atoms with E-state index in [9.17, 15) is 8.78 Å². The van der Waals surface area contributed by atoms with Crippen LogP contribution in [-0.2, 0) is 12.3 Å². The second kappa shape index (κ2) is 2.97. The fourth-order valence-corrected chi connectivity index (χ4v) is 1.62. The number of rotatable bonds is 1. The van der Waals surface area contributed by atoms with Gasteiger partial charge < -0.3 is 0 Å². The van der Waals surface area contributed by atoms with Crippen molar-refractivity contribution in [3.8, 4) is 0 Å². The van der Waals surface area contributed by atoms with E-state index in [0.29, 0.717) is 17.9 Å². The molecule has 76 valence electrons. The second-order valence-electron chi connectivity index (χ2n) is 3.95. The summed E-state index contributed by atoms with van der Waals surface area (Å²) in [5.74, 6) is -1.87. The fraction of sp³-hybridized carbons (Fsp3) is 0.600. The average Bonchev–Trinajstić information content (AvgIpc) is 2.42. The molecule has 0 bridgehead atoms. The molecule has 0 amide bonds. The lowest BCUT2D eigenvalue weighted by molar-refractivity contribution is -0.00217. The van der Waals surface area contributed by atoms with E-state index in [2.05, 4.69) is 9.97 Å². The van der Waals surface area contributed by atoms with Crippen molar-refractivity contribution in [1.82, 2.24) is 9.97 Å². The van der Waals surface area contributed by atoms with Crippen LogP contribution in [0, 0.1) is 0 Å².